The second-order valence-electron chi connectivity index (χ2n) is 6.58. The molecule has 0 aromatic carbocycles. The lowest BCUT2D eigenvalue weighted by molar-refractivity contribution is 0.429. The average Bonchev–Trinajstić information content (AvgIpc) is 3.08. The Morgan fingerprint density at radius 3 is 2.60 bits per heavy atom. The molecule has 0 radical (unpaired) electrons. The minimum atomic E-state index is -0.0338. The van der Waals surface area contributed by atoms with Crippen LogP contribution in [0.1, 0.15) is 70.3 Å². The molecule has 2 heterocycles. The van der Waals surface area contributed by atoms with Gasteiger partial charge >= 0.3 is 0 Å². The molecule has 2 aromatic rings. The fourth-order valence-corrected chi connectivity index (χ4v) is 3.57. The molecule has 0 atom stereocenters. The number of rotatable bonds is 2. The molecule has 1 saturated carbocycles. The predicted octanol–water partition coefficient (Wildman–Crippen LogP) is 3.67. The second-order valence-corrected chi connectivity index (χ2v) is 7.33. The molecule has 0 saturated heterocycles. The number of hydrogen-bond donors (Lipinski definition) is 1. The van der Waals surface area contributed by atoms with E-state index in [2.05, 4.69) is 40.6 Å². The van der Waals surface area contributed by atoms with Gasteiger partial charge < -0.3 is 0 Å². The van der Waals surface area contributed by atoms with Crippen LogP contribution in [0.4, 0.5) is 0 Å². The Hall–Kier alpha value is -1.30. The van der Waals surface area contributed by atoms with E-state index in [1.165, 1.54) is 43.6 Å². The topological polar surface area (TPSA) is 67.3 Å². The lowest BCUT2D eigenvalue weighted by atomic mass is 9.89. The van der Waals surface area contributed by atoms with E-state index < -0.39 is 0 Å². The molecule has 108 valence electrons. The minimum absolute atomic E-state index is 0.0338. The standard InChI is InChI=1S/C14H21N5S/c1-14(2,3)11-10(20-19-16-11)13-15-12(17-18-13)9-7-5-4-6-8-9/h9H,4-8H2,1-3H3,(H,15,17,18). The number of nitrogens with zero attached hydrogens (tertiary/aromatic N) is 4. The monoisotopic (exact) mass is 291 g/mol. The zero-order valence-electron chi connectivity index (χ0n) is 12.3. The van der Waals surface area contributed by atoms with E-state index in [0.717, 1.165) is 22.2 Å². The van der Waals surface area contributed by atoms with Crippen LogP contribution in [0.25, 0.3) is 10.7 Å². The second kappa shape index (κ2) is 5.24. The third kappa shape index (κ3) is 2.61. The largest absolute Gasteiger partial charge is 0.262 e. The molecule has 5 nitrogen and oxygen atoms in total. The minimum Gasteiger partial charge on any atom is -0.262 e. The molecule has 0 aliphatic heterocycles. The summed E-state index contributed by atoms with van der Waals surface area (Å²) in [5, 5.41) is 11.8. The van der Waals surface area contributed by atoms with Gasteiger partial charge in [-0.3, -0.25) is 5.10 Å². The maximum atomic E-state index is 4.71. The Bertz CT molecular complexity index is 574. The first kappa shape index (κ1) is 13.7. The summed E-state index contributed by atoms with van der Waals surface area (Å²) < 4.78 is 4.08. The van der Waals surface area contributed by atoms with Gasteiger partial charge in [-0.1, -0.05) is 44.5 Å². The molecule has 2 aromatic heterocycles. The van der Waals surface area contributed by atoms with Crippen molar-refractivity contribution in [2.75, 3.05) is 0 Å². The third-order valence-electron chi connectivity index (χ3n) is 3.90. The average molecular weight is 291 g/mol. The highest BCUT2D eigenvalue weighted by Gasteiger charge is 2.26. The molecule has 0 spiro atoms. The first-order chi connectivity index (χ1) is 9.55. The molecule has 0 unspecified atom stereocenters. The van der Waals surface area contributed by atoms with Crippen molar-refractivity contribution < 1.29 is 0 Å². The van der Waals surface area contributed by atoms with E-state index in [9.17, 15) is 0 Å². The van der Waals surface area contributed by atoms with Gasteiger partial charge in [0.15, 0.2) is 5.82 Å². The summed E-state index contributed by atoms with van der Waals surface area (Å²) in [5.74, 6) is 2.34. The van der Waals surface area contributed by atoms with Gasteiger partial charge in [-0.15, -0.1) is 5.10 Å². The molecular weight excluding hydrogens is 270 g/mol. The van der Waals surface area contributed by atoms with Gasteiger partial charge in [0.25, 0.3) is 0 Å². The normalized spacial score (nSPS) is 17.6. The summed E-state index contributed by atoms with van der Waals surface area (Å²) in [5.41, 5.74) is 0.949. The van der Waals surface area contributed by atoms with Crippen LogP contribution >= 0.6 is 11.5 Å². The molecule has 1 fully saturated rings. The van der Waals surface area contributed by atoms with Crippen molar-refractivity contribution in [2.24, 2.45) is 0 Å². The molecule has 20 heavy (non-hydrogen) atoms. The van der Waals surface area contributed by atoms with Crippen molar-refractivity contribution in [3.8, 4) is 10.7 Å². The van der Waals surface area contributed by atoms with Crippen molar-refractivity contribution in [1.29, 1.82) is 0 Å². The van der Waals surface area contributed by atoms with Gasteiger partial charge in [-0.05, 0) is 24.4 Å². The van der Waals surface area contributed by atoms with E-state index in [0.29, 0.717) is 5.92 Å². The van der Waals surface area contributed by atoms with Crippen LogP contribution in [0.3, 0.4) is 0 Å². The smallest absolute Gasteiger partial charge is 0.194 e. The number of hydrogen-bond acceptors (Lipinski definition) is 5. The van der Waals surface area contributed by atoms with Crippen LogP contribution in [0.2, 0.25) is 0 Å². The molecule has 6 heteroatoms. The summed E-state index contributed by atoms with van der Waals surface area (Å²) in [6, 6.07) is 0. The van der Waals surface area contributed by atoms with Gasteiger partial charge in [0, 0.05) is 11.3 Å². The Labute approximate surface area is 123 Å². The summed E-state index contributed by atoms with van der Waals surface area (Å²) in [6.07, 6.45) is 6.40. The maximum Gasteiger partial charge on any atom is 0.194 e. The van der Waals surface area contributed by atoms with E-state index in [-0.39, 0.29) is 5.41 Å². The Balaban J connectivity index is 1.88. The summed E-state index contributed by atoms with van der Waals surface area (Å²) >= 11 is 1.38. The number of aromatic amines is 1. The molecule has 0 amide bonds. The third-order valence-corrected chi connectivity index (χ3v) is 4.62. The van der Waals surface area contributed by atoms with E-state index >= 15 is 0 Å². The molecule has 3 rings (SSSR count). The van der Waals surface area contributed by atoms with E-state index in [1.54, 1.807) is 0 Å². The lowest BCUT2D eigenvalue weighted by Crippen LogP contribution is -2.13. The quantitative estimate of drug-likeness (QED) is 0.916. The van der Waals surface area contributed by atoms with Crippen LogP contribution in [-0.4, -0.2) is 24.8 Å². The number of nitrogens with one attached hydrogen (secondary N) is 1. The fraction of sp³-hybridized carbons (Fsp3) is 0.714. The van der Waals surface area contributed by atoms with Crippen LogP contribution in [0.5, 0.6) is 0 Å². The van der Waals surface area contributed by atoms with Gasteiger partial charge in [0.2, 0.25) is 0 Å². The summed E-state index contributed by atoms with van der Waals surface area (Å²) in [7, 11) is 0. The molecular formula is C14H21N5S. The molecule has 1 aliphatic carbocycles. The van der Waals surface area contributed by atoms with Crippen molar-refractivity contribution >= 4 is 11.5 Å². The first-order valence-corrected chi connectivity index (χ1v) is 8.08. The number of H-pyrrole nitrogens is 1. The highest BCUT2D eigenvalue weighted by molar-refractivity contribution is 7.09. The molecule has 0 bridgehead atoms. The fourth-order valence-electron chi connectivity index (χ4n) is 2.76. The van der Waals surface area contributed by atoms with Gasteiger partial charge in [0.05, 0.1) is 5.69 Å². The zero-order valence-corrected chi connectivity index (χ0v) is 13.1. The van der Waals surface area contributed by atoms with E-state index in [1.807, 2.05) is 0 Å². The van der Waals surface area contributed by atoms with Crippen LogP contribution in [0.15, 0.2) is 0 Å². The highest BCUT2D eigenvalue weighted by Crippen LogP contribution is 2.34. The van der Waals surface area contributed by atoms with E-state index in [4.69, 9.17) is 4.98 Å². The van der Waals surface area contributed by atoms with Crippen molar-refractivity contribution in [1.82, 2.24) is 24.8 Å². The molecule has 1 N–H and O–H groups in total. The zero-order chi connectivity index (χ0) is 14.2. The summed E-state index contributed by atoms with van der Waals surface area (Å²) in [6.45, 7) is 6.42. The van der Waals surface area contributed by atoms with Gasteiger partial charge in [-0.2, -0.15) is 5.10 Å². The Kier molecular flexibility index (Phi) is 3.58. The predicted molar refractivity (Wildman–Crippen MR) is 79.8 cm³/mol. The van der Waals surface area contributed by atoms with Gasteiger partial charge in [-0.25, -0.2) is 4.98 Å². The first-order valence-electron chi connectivity index (χ1n) is 7.31. The highest BCUT2D eigenvalue weighted by atomic mass is 32.1. The van der Waals surface area contributed by atoms with Crippen LogP contribution in [-0.2, 0) is 5.41 Å². The van der Waals surface area contributed by atoms with Crippen LogP contribution in [0, 0.1) is 0 Å². The maximum absolute atomic E-state index is 4.71. The van der Waals surface area contributed by atoms with Crippen molar-refractivity contribution in [2.45, 2.75) is 64.2 Å². The Morgan fingerprint density at radius 2 is 1.90 bits per heavy atom. The summed E-state index contributed by atoms with van der Waals surface area (Å²) in [4.78, 5) is 5.71. The van der Waals surface area contributed by atoms with Crippen LogP contribution < -0.4 is 0 Å². The van der Waals surface area contributed by atoms with Crippen molar-refractivity contribution in [3.05, 3.63) is 11.5 Å². The Morgan fingerprint density at radius 1 is 1.15 bits per heavy atom. The number of aromatic nitrogens is 5. The van der Waals surface area contributed by atoms with Crippen molar-refractivity contribution in [3.63, 3.8) is 0 Å². The molecule has 1 aliphatic rings. The SMILES string of the molecule is CC(C)(C)c1nnsc1-c1n[nH]c(C2CCCCC2)n1. The lowest BCUT2D eigenvalue weighted by Gasteiger charge is -2.18. The van der Waals surface area contributed by atoms with Gasteiger partial charge in [0.1, 0.15) is 10.7 Å².